The molecule has 0 fully saturated rings. The average molecular weight is 301 g/mol. The molecule has 0 aromatic carbocycles. The van der Waals surface area contributed by atoms with Gasteiger partial charge in [-0.25, -0.2) is 0 Å². The van der Waals surface area contributed by atoms with Crippen molar-refractivity contribution in [1.82, 2.24) is 0 Å². The fourth-order valence-electron chi connectivity index (χ4n) is 2.19. The van der Waals surface area contributed by atoms with Crippen molar-refractivity contribution in [1.29, 1.82) is 0 Å². The Morgan fingerprint density at radius 2 is 1.52 bits per heavy atom. The molecule has 21 heavy (non-hydrogen) atoms. The van der Waals surface area contributed by atoms with Crippen LogP contribution in [0.25, 0.3) is 0 Å². The van der Waals surface area contributed by atoms with Gasteiger partial charge < -0.3 is 15.6 Å². The van der Waals surface area contributed by atoms with Crippen molar-refractivity contribution in [3.8, 4) is 0 Å². The molecule has 0 aliphatic carbocycles. The van der Waals surface area contributed by atoms with Gasteiger partial charge in [-0.2, -0.15) is 0 Å². The van der Waals surface area contributed by atoms with E-state index < -0.39 is 12.1 Å². The molecule has 0 spiro atoms. The van der Waals surface area contributed by atoms with Crippen LogP contribution in [-0.2, 0) is 14.3 Å². The highest BCUT2D eigenvalue weighted by atomic mass is 16.5. The third-order valence-electron chi connectivity index (χ3n) is 3.45. The molecule has 5 nitrogen and oxygen atoms in total. The summed E-state index contributed by atoms with van der Waals surface area (Å²) in [5.41, 5.74) is 5.37. The summed E-state index contributed by atoms with van der Waals surface area (Å²) < 4.78 is 5.04. The molecule has 124 valence electrons. The second-order valence-corrected chi connectivity index (χ2v) is 5.52. The number of carbonyl (C=O) groups excluding carboxylic acids is 1. The van der Waals surface area contributed by atoms with Crippen molar-refractivity contribution in [2.45, 2.75) is 83.7 Å². The molecule has 0 heterocycles. The van der Waals surface area contributed by atoms with Gasteiger partial charge in [-0.15, -0.1) is 0 Å². The molecule has 5 heteroatoms. The van der Waals surface area contributed by atoms with Gasteiger partial charge in [-0.1, -0.05) is 58.3 Å². The highest BCUT2D eigenvalue weighted by Gasteiger charge is 2.15. The van der Waals surface area contributed by atoms with E-state index in [4.69, 9.17) is 15.6 Å². The lowest BCUT2D eigenvalue weighted by atomic mass is 10.1. The zero-order valence-electron chi connectivity index (χ0n) is 13.3. The van der Waals surface area contributed by atoms with Crippen molar-refractivity contribution < 1.29 is 19.4 Å². The molecular formula is C16H31NO4. The topological polar surface area (TPSA) is 89.6 Å². The molecule has 0 amide bonds. The summed E-state index contributed by atoms with van der Waals surface area (Å²) >= 11 is 0. The summed E-state index contributed by atoms with van der Waals surface area (Å²) in [6.45, 7) is 2.26. The van der Waals surface area contributed by atoms with E-state index in [0.717, 1.165) is 19.3 Å². The Bertz CT molecular complexity index is 281. The van der Waals surface area contributed by atoms with Crippen LogP contribution in [0.1, 0.15) is 77.6 Å². The molecule has 0 unspecified atom stereocenters. The first-order chi connectivity index (χ1) is 10.1. The van der Waals surface area contributed by atoms with Crippen LogP contribution in [0.3, 0.4) is 0 Å². The maximum atomic E-state index is 11.5. The smallest absolute Gasteiger partial charge is 0.307 e. The van der Waals surface area contributed by atoms with Crippen LogP contribution in [0.5, 0.6) is 0 Å². The second kappa shape index (κ2) is 13.9. The molecule has 0 bridgehead atoms. The summed E-state index contributed by atoms with van der Waals surface area (Å²) in [5, 5.41) is 8.63. The van der Waals surface area contributed by atoms with Gasteiger partial charge in [-0.3, -0.25) is 9.59 Å². The van der Waals surface area contributed by atoms with Crippen molar-refractivity contribution in [2.75, 3.05) is 6.54 Å². The fourth-order valence-corrected chi connectivity index (χ4v) is 2.19. The number of carboxylic acid groups (broad SMARTS) is 1. The van der Waals surface area contributed by atoms with Crippen molar-refractivity contribution >= 4 is 11.9 Å². The zero-order valence-corrected chi connectivity index (χ0v) is 13.3. The Hall–Kier alpha value is -1.10. The first kappa shape index (κ1) is 19.9. The van der Waals surface area contributed by atoms with E-state index in [1.165, 1.54) is 38.5 Å². The minimum absolute atomic E-state index is 0.0514. The molecule has 0 aliphatic rings. The number of carboxylic acids is 1. The molecule has 0 aliphatic heterocycles. The fraction of sp³-hybridized carbons (Fsp3) is 0.875. The Balaban J connectivity index is 3.46. The van der Waals surface area contributed by atoms with E-state index in [1.54, 1.807) is 0 Å². The molecule has 0 radical (unpaired) electrons. The van der Waals surface area contributed by atoms with Crippen LogP contribution in [0.2, 0.25) is 0 Å². The predicted octanol–water partition coefficient (Wildman–Crippen LogP) is 3.25. The first-order valence-corrected chi connectivity index (χ1v) is 8.21. The van der Waals surface area contributed by atoms with Gasteiger partial charge in [0, 0.05) is 13.0 Å². The maximum absolute atomic E-state index is 11.5. The number of esters is 1. The second-order valence-electron chi connectivity index (χ2n) is 5.52. The van der Waals surface area contributed by atoms with Crippen LogP contribution in [0.15, 0.2) is 0 Å². The number of rotatable bonds is 14. The standard InChI is InChI=1S/C16H31NO4/c1-2-3-4-5-6-7-8-9-10-11-16(20)21-14(13-17)12-15(18)19/h14H,2-13,17H2,1H3,(H,18,19)/t14-/m1/s1. The number of carbonyl (C=O) groups is 2. The van der Waals surface area contributed by atoms with E-state index >= 15 is 0 Å². The average Bonchev–Trinajstić information content (AvgIpc) is 2.44. The molecule has 0 aromatic heterocycles. The lowest BCUT2D eigenvalue weighted by molar-refractivity contribution is -0.152. The SMILES string of the molecule is CCCCCCCCCCCC(=O)O[C@@H](CN)CC(=O)O. The lowest BCUT2D eigenvalue weighted by Crippen LogP contribution is -2.29. The molecule has 0 rings (SSSR count). The Morgan fingerprint density at radius 3 is 2.00 bits per heavy atom. The summed E-state index contributed by atoms with van der Waals surface area (Å²) in [6, 6.07) is 0. The van der Waals surface area contributed by atoms with Gasteiger partial charge in [0.05, 0.1) is 6.42 Å². The van der Waals surface area contributed by atoms with Crippen LogP contribution in [0.4, 0.5) is 0 Å². The van der Waals surface area contributed by atoms with Gasteiger partial charge in [0.2, 0.25) is 0 Å². The van der Waals surface area contributed by atoms with Crippen LogP contribution < -0.4 is 5.73 Å². The molecule has 1 atom stereocenters. The maximum Gasteiger partial charge on any atom is 0.307 e. The molecular weight excluding hydrogens is 270 g/mol. The number of nitrogens with two attached hydrogens (primary N) is 1. The quantitative estimate of drug-likeness (QED) is 0.380. The van der Waals surface area contributed by atoms with Crippen LogP contribution in [0, 0.1) is 0 Å². The van der Waals surface area contributed by atoms with Crippen LogP contribution in [-0.4, -0.2) is 29.7 Å². The van der Waals surface area contributed by atoms with E-state index in [-0.39, 0.29) is 18.9 Å². The molecule has 0 saturated carbocycles. The minimum Gasteiger partial charge on any atom is -0.481 e. The predicted molar refractivity (Wildman–Crippen MR) is 83.0 cm³/mol. The number of ether oxygens (including phenoxy) is 1. The van der Waals surface area contributed by atoms with E-state index in [1.807, 2.05) is 0 Å². The third kappa shape index (κ3) is 13.6. The Morgan fingerprint density at radius 1 is 1.00 bits per heavy atom. The van der Waals surface area contributed by atoms with Crippen molar-refractivity contribution in [2.24, 2.45) is 5.73 Å². The first-order valence-electron chi connectivity index (χ1n) is 8.21. The summed E-state index contributed by atoms with van der Waals surface area (Å²) in [4.78, 5) is 22.1. The number of aliphatic carboxylic acids is 1. The van der Waals surface area contributed by atoms with Gasteiger partial charge in [-0.05, 0) is 6.42 Å². The van der Waals surface area contributed by atoms with E-state index in [0.29, 0.717) is 6.42 Å². The molecule has 3 N–H and O–H groups in total. The van der Waals surface area contributed by atoms with Gasteiger partial charge >= 0.3 is 11.9 Å². The monoisotopic (exact) mass is 301 g/mol. The highest BCUT2D eigenvalue weighted by molar-refractivity contribution is 5.71. The summed E-state index contributed by atoms with van der Waals surface area (Å²) in [7, 11) is 0. The van der Waals surface area contributed by atoms with Gasteiger partial charge in [0.1, 0.15) is 6.10 Å². The van der Waals surface area contributed by atoms with Crippen molar-refractivity contribution in [3.05, 3.63) is 0 Å². The van der Waals surface area contributed by atoms with Crippen molar-refractivity contribution in [3.63, 3.8) is 0 Å². The minimum atomic E-state index is -0.999. The van der Waals surface area contributed by atoms with Gasteiger partial charge in [0.25, 0.3) is 0 Å². The largest absolute Gasteiger partial charge is 0.481 e. The van der Waals surface area contributed by atoms with Crippen LogP contribution >= 0.6 is 0 Å². The Labute approximate surface area is 128 Å². The summed E-state index contributed by atoms with van der Waals surface area (Å²) in [6.07, 6.45) is 10.1. The van der Waals surface area contributed by atoms with E-state index in [9.17, 15) is 9.59 Å². The number of hydrogen-bond donors (Lipinski definition) is 2. The molecule has 0 aromatic rings. The normalized spacial score (nSPS) is 12.1. The third-order valence-corrected chi connectivity index (χ3v) is 3.45. The van der Waals surface area contributed by atoms with E-state index in [2.05, 4.69) is 6.92 Å². The van der Waals surface area contributed by atoms with Gasteiger partial charge in [0.15, 0.2) is 0 Å². The highest BCUT2D eigenvalue weighted by Crippen LogP contribution is 2.11. The zero-order chi connectivity index (χ0) is 15.9. The lowest BCUT2D eigenvalue weighted by Gasteiger charge is -2.13. The molecule has 0 saturated heterocycles. The summed E-state index contributed by atoms with van der Waals surface area (Å²) in [5.74, 6) is -1.34. The number of unbranched alkanes of at least 4 members (excludes halogenated alkanes) is 8. The number of hydrogen-bond acceptors (Lipinski definition) is 4. The Kier molecular flexibility index (Phi) is 13.1.